The molecule has 1 aromatic rings. The lowest BCUT2D eigenvalue weighted by molar-refractivity contribution is 0.0406. The summed E-state index contributed by atoms with van der Waals surface area (Å²) in [5.74, 6) is 4.70. The highest BCUT2D eigenvalue weighted by molar-refractivity contribution is 7.53. The van der Waals surface area contributed by atoms with Crippen LogP contribution in [0.5, 0.6) is 0 Å². The van der Waals surface area contributed by atoms with E-state index in [9.17, 15) is 4.57 Å². The van der Waals surface area contributed by atoms with Crippen LogP contribution in [0.15, 0.2) is 6.07 Å². The SMILES string of the molecule is CC1(C)COP(=O)(CCN2CCN(c3cc(N)nc(NCC4CCC(CCCCCCC5CCCCC5)CC4)n3)CC2)OC1. The molecule has 0 spiro atoms. The number of nitrogen functional groups attached to an aromatic ring is 1. The minimum atomic E-state index is -2.98. The smallest absolute Gasteiger partial charge is 0.332 e. The predicted molar refractivity (Wildman–Crippen MR) is 181 cm³/mol. The molecule has 0 aromatic carbocycles. The van der Waals surface area contributed by atoms with Crippen molar-refractivity contribution in [1.29, 1.82) is 0 Å². The number of piperazine rings is 1. The Kier molecular flexibility index (Phi) is 12.7. The summed E-state index contributed by atoms with van der Waals surface area (Å²) in [7, 11) is -2.98. The molecule has 4 aliphatic rings. The number of aromatic nitrogens is 2. The maximum absolute atomic E-state index is 12.9. The molecule has 2 aliphatic carbocycles. The summed E-state index contributed by atoms with van der Waals surface area (Å²) in [6.45, 7) is 10.2. The van der Waals surface area contributed by atoms with Crippen molar-refractivity contribution in [3.63, 3.8) is 0 Å². The van der Waals surface area contributed by atoms with Crippen LogP contribution in [0, 0.1) is 23.2 Å². The average molecular weight is 633 g/mol. The maximum atomic E-state index is 12.9. The lowest BCUT2D eigenvalue weighted by Crippen LogP contribution is -2.47. The van der Waals surface area contributed by atoms with E-state index < -0.39 is 7.60 Å². The van der Waals surface area contributed by atoms with E-state index in [0.717, 1.165) is 50.4 Å². The van der Waals surface area contributed by atoms with Crippen molar-refractivity contribution in [3.8, 4) is 0 Å². The molecule has 250 valence electrons. The Morgan fingerprint density at radius 2 is 1.48 bits per heavy atom. The lowest BCUT2D eigenvalue weighted by Gasteiger charge is -2.37. The molecule has 2 saturated heterocycles. The van der Waals surface area contributed by atoms with E-state index in [1.807, 2.05) is 6.07 Å². The van der Waals surface area contributed by atoms with Gasteiger partial charge in [-0.1, -0.05) is 97.3 Å². The molecular formula is C34H61N6O3P. The van der Waals surface area contributed by atoms with E-state index in [0.29, 0.717) is 43.6 Å². The standard InChI is InChI=1S/C34H61N6O3P/c1-34(2)26-42-44(41,43-27-34)23-22-39-18-20-40(21-19-39)32-24-31(35)37-33(38-32)36-25-30-16-14-29(15-17-30)13-7-4-3-6-10-28-11-8-5-9-12-28/h24,28-30H,3-23,25-27H2,1-2H3,(H3,35,36,37,38). The first kappa shape index (κ1) is 33.9. The number of rotatable bonds is 14. The first-order valence-electron chi connectivity index (χ1n) is 18.0. The first-order chi connectivity index (χ1) is 21.3. The van der Waals surface area contributed by atoms with Crippen LogP contribution in [0.3, 0.4) is 0 Å². The largest absolute Gasteiger partial charge is 0.383 e. The van der Waals surface area contributed by atoms with Crippen LogP contribution in [0.25, 0.3) is 0 Å². The highest BCUT2D eigenvalue weighted by atomic mass is 31.2. The lowest BCUT2D eigenvalue weighted by atomic mass is 9.79. The van der Waals surface area contributed by atoms with Crippen LogP contribution in [0.4, 0.5) is 17.6 Å². The minimum absolute atomic E-state index is 0.0707. The van der Waals surface area contributed by atoms with E-state index in [4.69, 9.17) is 19.8 Å². The predicted octanol–water partition coefficient (Wildman–Crippen LogP) is 7.59. The second-order valence-corrected chi connectivity index (χ2v) is 17.3. The van der Waals surface area contributed by atoms with Gasteiger partial charge in [0, 0.05) is 50.7 Å². The molecule has 0 radical (unpaired) electrons. The van der Waals surface area contributed by atoms with Crippen molar-refractivity contribution in [2.45, 2.75) is 110 Å². The normalized spacial score (nSPS) is 26.5. The van der Waals surface area contributed by atoms with Gasteiger partial charge in [0.05, 0.1) is 19.4 Å². The summed E-state index contributed by atoms with van der Waals surface area (Å²) in [6, 6.07) is 1.88. The molecule has 0 bridgehead atoms. The van der Waals surface area contributed by atoms with Gasteiger partial charge in [0.1, 0.15) is 11.6 Å². The summed E-state index contributed by atoms with van der Waals surface area (Å²) in [4.78, 5) is 13.9. The third-order valence-corrected chi connectivity index (χ3v) is 12.4. The Labute approximate surface area is 267 Å². The van der Waals surface area contributed by atoms with Gasteiger partial charge in [0.25, 0.3) is 0 Å². The Hall–Kier alpha value is -1.41. The second kappa shape index (κ2) is 16.4. The van der Waals surface area contributed by atoms with Gasteiger partial charge in [-0.05, 0) is 30.6 Å². The monoisotopic (exact) mass is 632 g/mol. The molecule has 2 saturated carbocycles. The molecule has 10 heteroatoms. The van der Waals surface area contributed by atoms with E-state index in [1.165, 1.54) is 96.3 Å². The van der Waals surface area contributed by atoms with Crippen LogP contribution >= 0.6 is 7.60 Å². The van der Waals surface area contributed by atoms with E-state index in [2.05, 4.69) is 33.9 Å². The summed E-state index contributed by atoms with van der Waals surface area (Å²) in [5, 5.41) is 3.52. The zero-order valence-electron chi connectivity index (χ0n) is 27.8. The molecule has 9 nitrogen and oxygen atoms in total. The van der Waals surface area contributed by atoms with Gasteiger partial charge in [0.15, 0.2) is 0 Å². The summed E-state index contributed by atoms with van der Waals surface area (Å²) < 4.78 is 24.2. The fourth-order valence-corrected chi connectivity index (χ4v) is 9.52. The van der Waals surface area contributed by atoms with E-state index in [-0.39, 0.29) is 5.41 Å². The van der Waals surface area contributed by atoms with Crippen LogP contribution in [0.1, 0.15) is 110 Å². The maximum Gasteiger partial charge on any atom is 0.332 e. The molecule has 0 unspecified atom stereocenters. The van der Waals surface area contributed by atoms with E-state index in [1.54, 1.807) is 0 Å². The molecule has 2 aliphatic heterocycles. The molecule has 5 rings (SSSR count). The molecule has 3 N–H and O–H groups in total. The highest BCUT2D eigenvalue weighted by Crippen LogP contribution is 2.53. The van der Waals surface area contributed by atoms with Crippen molar-refractivity contribution in [2.24, 2.45) is 23.2 Å². The zero-order chi connectivity index (χ0) is 30.8. The minimum Gasteiger partial charge on any atom is -0.383 e. The van der Waals surface area contributed by atoms with Gasteiger partial charge >= 0.3 is 7.60 Å². The van der Waals surface area contributed by atoms with Gasteiger partial charge in [-0.25, -0.2) is 0 Å². The highest BCUT2D eigenvalue weighted by Gasteiger charge is 2.36. The molecule has 1 aromatic heterocycles. The average Bonchev–Trinajstić information content (AvgIpc) is 3.03. The molecular weight excluding hydrogens is 571 g/mol. The fourth-order valence-electron chi connectivity index (χ4n) is 7.57. The fraction of sp³-hybridized carbons (Fsp3) is 0.882. The summed E-state index contributed by atoms with van der Waals surface area (Å²) in [6.07, 6.45) is 21.9. The quantitative estimate of drug-likeness (QED) is 0.159. The number of hydrogen-bond donors (Lipinski definition) is 2. The zero-order valence-corrected chi connectivity index (χ0v) is 28.7. The molecule has 0 atom stereocenters. The molecule has 4 fully saturated rings. The second-order valence-electron chi connectivity index (χ2n) is 15.1. The van der Waals surface area contributed by atoms with Crippen LogP contribution in [-0.4, -0.2) is 73.5 Å². The van der Waals surface area contributed by atoms with Crippen LogP contribution in [-0.2, 0) is 13.6 Å². The van der Waals surface area contributed by atoms with Gasteiger partial charge in [-0.15, -0.1) is 0 Å². The number of anilines is 3. The van der Waals surface area contributed by atoms with Crippen molar-refractivity contribution in [1.82, 2.24) is 14.9 Å². The molecule has 0 amide bonds. The van der Waals surface area contributed by atoms with Crippen molar-refractivity contribution >= 4 is 25.2 Å². The Bertz CT molecular complexity index is 1040. The van der Waals surface area contributed by atoms with Crippen molar-refractivity contribution in [3.05, 3.63) is 6.07 Å². The summed E-state index contributed by atoms with van der Waals surface area (Å²) in [5.41, 5.74) is 6.14. The first-order valence-corrected chi connectivity index (χ1v) is 19.7. The van der Waals surface area contributed by atoms with Crippen LogP contribution < -0.4 is 16.0 Å². The summed E-state index contributed by atoms with van der Waals surface area (Å²) >= 11 is 0. The number of nitrogens with one attached hydrogen (secondary N) is 1. The van der Waals surface area contributed by atoms with Gasteiger partial charge in [-0.2, -0.15) is 9.97 Å². The van der Waals surface area contributed by atoms with Gasteiger partial charge in [-0.3, -0.25) is 9.46 Å². The number of nitrogens with two attached hydrogens (primary N) is 1. The Morgan fingerprint density at radius 1 is 0.864 bits per heavy atom. The molecule has 44 heavy (non-hydrogen) atoms. The van der Waals surface area contributed by atoms with Gasteiger partial charge < -0.3 is 25.0 Å². The topological polar surface area (TPSA) is 106 Å². The Balaban J connectivity index is 0.950. The Morgan fingerprint density at radius 3 is 2.14 bits per heavy atom. The third kappa shape index (κ3) is 10.8. The van der Waals surface area contributed by atoms with Gasteiger partial charge in [0.2, 0.25) is 5.95 Å². The number of unbranched alkanes of at least 4 members (excludes halogenated alkanes) is 3. The van der Waals surface area contributed by atoms with Crippen molar-refractivity contribution < 1.29 is 13.6 Å². The van der Waals surface area contributed by atoms with Crippen LogP contribution in [0.2, 0.25) is 0 Å². The molecule has 3 heterocycles. The number of hydrogen-bond acceptors (Lipinski definition) is 9. The third-order valence-electron chi connectivity index (χ3n) is 10.6. The van der Waals surface area contributed by atoms with E-state index >= 15 is 0 Å². The number of nitrogens with zero attached hydrogens (tertiary/aromatic N) is 4. The van der Waals surface area contributed by atoms with Crippen molar-refractivity contribution in [2.75, 3.05) is 74.6 Å².